The van der Waals surface area contributed by atoms with Crippen molar-refractivity contribution in [2.24, 2.45) is 11.1 Å². The van der Waals surface area contributed by atoms with E-state index in [9.17, 15) is 0 Å². The molecule has 0 saturated heterocycles. The van der Waals surface area contributed by atoms with Gasteiger partial charge in [-0.1, -0.05) is 26.8 Å². The van der Waals surface area contributed by atoms with Crippen LogP contribution in [0.1, 0.15) is 26.3 Å². The average Bonchev–Trinajstić information content (AvgIpc) is 2.28. The number of hydrogen-bond acceptors (Lipinski definition) is 3. The highest BCUT2D eigenvalue weighted by atomic mass is 15.2. The second-order valence-electron chi connectivity index (χ2n) is 5.39. The Kier molecular flexibility index (Phi) is 4.14. The van der Waals surface area contributed by atoms with E-state index >= 15 is 0 Å². The normalized spacial score (nSPS) is 12.9. The molecule has 1 atom stereocenters. The fraction of sp³-hybridized carbons (Fsp3) is 0.500. The molecule has 1 aromatic rings. The highest BCUT2D eigenvalue weighted by Gasteiger charge is 2.27. The van der Waals surface area contributed by atoms with Gasteiger partial charge in [-0.25, -0.2) is 0 Å². The highest BCUT2D eigenvalue weighted by Crippen LogP contribution is 2.27. The van der Waals surface area contributed by atoms with Crippen LogP contribution in [0, 0.1) is 16.7 Å². The summed E-state index contributed by atoms with van der Waals surface area (Å²) < 4.78 is 0. The van der Waals surface area contributed by atoms with Gasteiger partial charge in [-0.15, -0.1) is 0 Å². The van der Waals surface area contributed by atoms with Gasteiger partial charge >= 0.3 is 0 Å². The van der Waals surface area contributed by atoms with Crippen molar-refractivity contribution >= 4 is 5.69 Å². The first-order valence-electron chi connectivity index (χ1n) is 5.83. The van der Waals surface area contributed by atoms with Gasteiger partial charge in [-0.05, 0) is 23.6 Å². The number of nitriles is 1. The summed E-state index contributed by atoms with van der Waals surface area (Å²) in [5.41, 5.74) is 7.68. The van der Waals surface area contributed by atoms with Crippen molar-refractivity contribution in [3.8, 4) is 6.07 Å². The van der Waals surface area contributed by atoms with E-state index in [1.54, 1.807) is 0 Å². The lowest BCUT2D eigenvalue weighted by atomic mass is 9.85. The minimum absolute atomic E-state index is 0.103. The van der Waals surface area contributed by atoms with Gasteiger partial charge in [-0.2, -0.15) is 5.26 Å². The van der Waals surface area contributed by atoms with Gasteiger partial charge in [0.1, 0.15) is 0 Å². The largest absolute Gasteiger partial charge is 0.370 e. The van der Waals surface area contributed by atoms with Gasteiger partial charge in [0.25, 0.3) is 0 Å². The Morgan fingerprint density at radius 3 is 2.53 bits per heavy atom. The second kappa shape index (κ2) is 5.20. The van der Waals surface area contributed by atoms with Crippen LogP contribution in [-0.2, 0) is 0 Å². The van der Waals surface area contributed by atoms with Crippen LogP contribution in [0.2, 0.25) is 0 Å². The fourth-order valence-corrected chi connectivity index (χ4v) is 2.07. The summed E-state index contributed by atoms with van der Waals surface area (Å²) in [6.07, 6.45) is 0. The molecule has 0 fully saturated rings. The maximum atomic E-state index is 8.91. The number of likely N-dealkylation sites (N-methyl/N-ethyl adjacent to an activating group) is 1. The third kappa shape index (κ3) is 3.21. The maximum Gasteiger partial charge on any atom is 0.0992 e. The SMILES string of the molecule is CN(c1cccc(C#N)c1)C(CN)C(C)(C)C. The molecule has 1 rings (SSSR count). The number of rotatable bonds is 3. The molecule has 0 heterocycles. The second-order valence-corrected chi connectivity index (χ2v) is 5.39. The molecule has 0 aliphatic rings. The first-order chi connectivity index (χ1) is 7.90. The van der Waals surface area contributed by atoms with E-state index in [-0.39, 0.29) is 11.5 Å². The van der Waals surface area contributed by atoms with Crippen molar-refractivity contribution in [3.05, 3.63) is 29.8 Å². The molecule has 2 N–H and O–H groups in total. The average molecular weight is 231 g/mol. The summed E-state index contributed by atoms with van der Waals surface area (Å²) in [5.74, 6) is 0. The first kappa shape index (κ1) is 13.5. The number of anilines is 1. The minimum Gasteiger partial charge on any atom is -0.370 e. The minimum atomic E-state index is 0.103. The summed E-state index contributed by atoms with van der Waals surface area (Å²) in [7, 11) is 2.03. The zero-order chi connectivity index (χ0) is 13.1. The predicted molar refractivity (Wildman–Crippen MR) is 71.9 cm³/mol. The number of hydrogen-bond donors (Lipinski definition) is 1. The van der Waals surface area contributed by atoms with Gasteiger partial charge in [-0.3, -0.25) is 0 Å². The van der Waals surface area contributed by atoms with Gasteiger partial charge in [0, 0.05) is 25.3 Å². The van der Waals surface area contributed by atoms with E-state index in [0.717, 1.165) is 5.69 Å². The highest BCUT2D eigenvalue weighted by molar-refractivity contribution is 5.52. The predicted octanol–water partition coefficient (Wildman–Crippen LogP) is 2.37. The summed E-state index contributed by atoms with van der Waals surface area (Å²) in [4.78, 5) is 2.15. The van der Waals surface area contributed by atoms with Crippen LogP contribution in [0.15, 0.2) is 24.3 Å². The van der Waals surface area contributed by atoms with Crippen molar-refractivity contribution in [1.29, 1.82) is 5.26 Å². The van der Waals surface area contributed by atoms with E-state index in [1.165, 1.54) is 0 Å². The molecule has 0 saturated carbocycles. The van der Waals surface area contributed by atoms with Crippen LogP contribution in [0.4, 0.5) is 5.69 Å². The summed E-state index contributed by atoms with van der Waals surface area (Å²) in [6, 6.07) is 10.0. The fourth-order valence-electron chi connectivity index (χ4n) is 2.07. The molecule has 92 valence electrons. The molecule has 1 unspecified atom stereocenters. The Balaban J connectivity index is 3.02. The van der Waals surface area contributed by atoms with Gasteiger partial charge in [0.05, 0.1) is 11.6 Å². The van der Waals surface area contributed by atoms with Crippen molar-refractivity contribution in [1.82, 2.24) is 0 Å². The summed E-state index contributed by atoms with van der Waals surface area (Å²) >= 11 is 0. The third-order valence-electron chi connectivity index (χ3n) is 3.07. The molecule has 0 aliphatic carbocycles. The molecule has 0 aromatic heterocycles. The molecule has 0 radical (unpaired) electrons. The van der Waals surface area contributed by atoms with E-state index in [2.05, 4.69) is 31.7 Å². The van der Waals surface area contributed by atoms with Crippen LogP contribution in [0.3, 0.4) is 0 Å². The molecule has 3 heteroatoms. The zero-order valence-electron chi connectivity index (χ0n) is 11.1. The van der Waals surface area contributed by atoms with Crippen LogP contribution in [0.25, 0.3) is 0 Å². The number of nitrogens with two attached hydrogens (primary N) is 1. The summed E-state index contributed by atoms with van der Waals surface area (Å²) in [6.45, 7) is 7.12. The van der Waals surface area contributed by atoms with E-state index < -0.39 is 0 Å². The maximum absolute atomic E-state index is 8.91. The zero-order valence-corrected chi connectivity index (χ0v) is 11.1. The van der Waals surface area contributed by atoms with Gasteiger partial charge in [0.15, 0.2) is 0 Å². The van der Waals surface area contributed by atoms with Crippen LogP contribution in [-0.4, -0.2) is 19.6 Å². The molecule has 1 aromatic carbocycles. The standard InChI is InChI=1S/C14H21N3/c1-14(2,3)13(10-16)17(4)12-7-5-6-11(8-12)9-15/h5-8,13H,10,16H2,1-4H3. The molecule has 0 amide bonds. The molecule has 0 aliphatic heterocycles. The molecule has 17 heavy (non-hydrogen) atoms. The quantitative estimate of drug-likeness (QED) is 0.869. The Morgan fingerprint density at radius 1 is 1.41 bits per heavy atom. The van der Waals surface area contributed by atoms with Crippen molar-refractivity contribution in [3.63, 3.8) is 0 Å². The number of benzene rings is 1. The third-order valence-corrected chi connectivity index (χ3v) is 3.07. The van der Waals surface area contributed by atoms with Gasteiger partial charge in [0.2, 0.25) is 0 Å². The smallest absolute Gasteiger partial charge is 0.0992 e. The lowest BCUT2D eigenvalue weighted by Gasteiger charge is -2.38. The van der Waals surface area contributed by atoms with Crippen molar-refractivity contribution in [2.75, 3.05) is 18.5 Å². The van der Waals surface area contributed by atoms with Crippen LogP contribution < -0.4 is 10.6 Å². The Bertz CT molecular complexity index is 412. The Hall–Kier alpha value is -1.53. The summed E-state index contributed by atoms with van der Waals surface area (Å²) in [5, 5.41) is 8.91. The Labute approximate surface area is 104 Å². The number of nitrogens with zero attached hydrogens (tertiary/aromatic N) is 2. The Morgan fingerprint density at radius 2 is 2.06 bits per heavy atom. The molecule has 0 spiro atoms. The molecular weight excluding hydrogens is 210 g/mol. The molecule has 3 nitrogen and oxygen atoms in total. The lowest BCUT2D eigenvalue weighted by molar-refractivity contribution is 0.316. The van der Waals surface area contributed by atoms with Gasteiger partial charge < -0.3 is 10.6 Å². The van der Waals surface area contributed by atoms with E-state index in [1.807, 2.05) is 31.3 Å². The molecular formula is C14H21N3. The van der Waals surface area contributed by atoms with E-state index in [0.29, 0.717) is 12.1 Å². The molecule has 0 bridgehead atoms. The van der Waals surface area contributed by atoms with E-state index in [4.69, 9.17) is 11.0 Å². The topological polar surface area (TPSA) is 53.0 Å². The lowest BCUT2D eigenvalue weighted by Crippen LogP contribution is -2.47. The monoisotopic (exact) mass is 231 g/mol. The van der Waals surface area contributed by atoms with Crippen molar-refractivity contribution in [2.45, 2.75) is 26.8 Å². The van der Waals surface area contributed by atoms with Crippen LogP contribution >= 0.6 is 0 Å². The van der Waals surface area contributed by atoms with Crippen molar-refractivity contribution < 1.29 is 0 Å². The van der Waals surface area contributed by atoms with Crippen LogP contribution in [0.5, 0.6) is 0 Å². The first-order valence-corrected chi connectivity index (χ1v) is 5.83.